The molecule has 0 bridgehead atoms. The highest BCUT2D eigenvalue weighted by atomic mass is 127. The maximum Gasteiger partial charge on any atom is 0.191 e. The Balaban J connectivity index is 0.00000341. The van der Waals surface area contributed by atoms with Crippen LogP contribution in [-0.2, 0) is 6.54 Å². The van der Waals surface area contributed by atoms with E-state index in [1.54, 1.807) is 11.3 Å². The van der Waals surface area contributed by atoms with Crippen molar-refractivity contribution in [3.05, 3.63) is 51.5 Å². The van der Waals surface area contributed by atoms with Gasteiger partial charge in [0, 0.05) is 50.2 Å². The number of aromatic nitrogens is 1. The van der Waals surface area contributed by atoms with Crippen molar-refractivity contribution in [1.82, 2.24) is 25.4 Å². The molecule has 172 valence electrons. The molecule has 1 aliphatic rings. The van der Waals surface area contributed by atoms with Gasteiger partial charge in [0.15, 0.2) is 5.96 Å². The highest BCUT2D eigenvalue weighted by Crippen LogP contribution is 2.24. The Kier molecular flexibility index (Phi) is 11.2. The molecule has 1 aromatic heterocycles. The number of likely N-dealkylation sites (N-methyl/N-ethyl adjacent to an activating group) is 1. The molecule has 0 spiro atoms. The second-order valence-electron chi connectivity index (χ2n) is 7.95. The van der Waals surface area contributed by atoms with Crippen LogP contribution in [0.3, 0.4) is 0 Å². The summed E-state index contributed by atoms with van der Waals surface area (Å²) in [5.74, 6) is 0.876. The van der Waals surface area contributed by atoms with Crippen molar-refractivity contribution in [3.63, 3.8) is 0 Å². The van der Waals surface area contributed by atoms with Crippen molar-refractivity contribution in [2.75, 3.05) is 46.3 Å². The number of thiazole rings is 1. The van der Waals surface area contributed by atoms with Gasteiger partial charge in [0.05, 0.1) is 12.2 Å². The van der Waals surface area contributed by atoms with Crippen molar-refractivity contribution >= 4 is 41.3 Å². The molecule has 2 heterocycles. The average molecular weight is 557 g/mol. The fourth-order valence-corrected chi connectivity index (χ4v) is 4.66. The van der Waals surface area contributed by atoms with Crippen LogP contribution < -0.4 is 10.6 Å². The van der Waals surface area contributed by atoms with Crippen molar-refractivity contribution in [1.29, 1.82) is 0 Å². The topological polar surface area (TPSA) is 55.8 Å². The van der Waals surface area contributed by atoms with Crippen molar-refractivity contribution < 1.29 is 0 Å². The molecule has 2 aromatic rings. The first kappa shape index (κ1) is 26.0. The zero-order chi connectivity index (χ0) is 21.3. The lowest BCUT2D eigenvalue weighted by atomic mass is 10.0. The molecule has 0 aliphatic carbocycles. The summed E-state index contributed by atoms with van der Waals surface area (Å²) in [6.45, 7) is 13.1. The van der Waals surface area contributed by atoms with Gasteiger partial charge in [0.25, 0.3) is 0 Å². The summed E-state index contributed by atoms with van der Waals surface area (Å²) in [6.07, 6.45) is 1.09. The molecule has 31 heavy (non-hydrogen) atoms. The van der Waals surface area contributed by atoms with Gasteiger partial charge in [0.1, 0.15) is 5.01 Å². The Morgan fingerprint density at radius 1 is 1.19 bits per heavy atom. The van der Waals surface area contributed by atoms with E-state index in [1.807, 2.05) is 0 Å². The summed E-state index contributed by atoms with van der Waals surface area (Å²) in [5, 5.41) is 7.92. The number of guanidine groups is 1. The van der Waals surface area contributed by atoms with E-state index in [4.69, 9.17) is 4.99 Å². The van der Waals surface area contributed by atoms with Crippen LogP contribution in [0.15, 0.2) is 35.3 Å². The first-order chi connectivity index (χ1) is 14.6. The Labute approximate surface area is 208 Å². The number of benzene rings is 1. The SMILES string of the molecule is CCNC(=NCc1nc(C)c(C)s1)NCCCN1CCN(C)CC1c1ccccc1.I. The summed E-state index contributed by atoms with van der Waals surface area (Å²) >= 11 is 1.74. The Bertz CT molecular complexity index is 790. The van der Waals surface area contributed by atoms with Gasteiger partial charge in [-0.15, -0.1) is 35.3 Å². The van der Waals surface area contributed by atoms with Crippen LogP contribution in [0.4, 0.5) is 0 Å². The molecular weight excluding hydrogens is 519 g/mol. The van der Waals surface area contributed by atoms with Gasteiger partial charge in [-0.2, -0.15) is 0 Å². The number of rotatable bonds is 8. The van der Waals surface area contributed by atoms with Crippen molar-refractivity contribution in [2.45, 2.75) is 39.8 Å². The summed E-state index contributed by atoms with van der Waals surface area (Å²) < 4.78 is 0. The fraction of sp³-hybridized carbons (Fsp3) is 0.565. The zero-order valence-corrected chi connectivity index (χ0v) is 22.4. The highest BCUT2D eigenvalue weighted by molar-refractivity contribution is 14.0. The van der Waals surface area contributed by atoms with E-state index in [2.05, 4.69) is 83.6 Å². The van der Waals surface area contributed by atoms with Crippen LogP contribution >= 0.6 is 35.3 Å². The van der Waals surface area contributed by atoms with E-state index in [9.17, 15) is 0 Å². The van der Waals surface area contributed by atoms with Crippen LogP contribution in [0.5, 0.6) is 0 Å². The van der Waals surface area contributed by atoms with Crippen molar-refractivity contribution in [2.24, 2.45) is 4.99 Å². The third kappa shape index (κ3) is 8.00. The van der Waals surface area contributed by atoms with E-state index in [0.29, 0.717) is 12.6 Å². The minimum atomic E-state index is 0. The van der Waals surface area contributed by atoms with E-state index in [1.165, 1.54) is 10.4 Å². The zero-order valence-electron chi connectivity index (χ0n) is 19.2. The molecule has 1 unspecified atom stereocenters. The monoisotopic (exact) mass is 556 g/mol. The maximum absolute atomic E-state index is 4.72. The van der Waals surface area contributed by atoms with Gasteiger partial charge in [0.2, 0.25) is 0 Å². The molecule has 1 aromatic carbocycles. The van der Waals surface area contributed by atoms with Gasteiger partial charge in [-0.05, 0) is 39.8 Å². The Hall–Kier alpha value is -1.23. The van der Waals surface area contributed by atoms with Crippen LogP contribution in [0, 0.1) is 13.8 Å². The normalized spacial score (nSPS) is 17.9. The molecule has 0 radical (unpaired) electrons. The van der Waals surface area contributed by atoms with Gasteiger partial charge < -0.3 is 15.5 Å². The summed E-state index contributed by atoms with van der Waals surface area (Å²) in [5.41, 5.74) is 2.53. The second kappa shape index (κ2) is 13.3. The van der Waals surface area contributed by atoms with E-state index in [-0.39, 0.29) is 24.0 Å². The third-order valence-electron chi connectivity index (χ3n) is 5.58. The van der Waals surface area contributed by atoms with Gasteiger partial charge in [-0.1, -0.05) is 30.3 Å². The minimum absolute atomic E-state index is 0. The maximum atomic E-state index is 4.72. The Morgan fingerprint density at radius 3 is 2.65 bits per heavy atom. The molecule has 1 fully saturated rings. The van der Waals surface area contributed by atoms with Gasteiger partial charge in [-0.25, -0.2) is 9.98 Å². The van der Waals surface area contributed by atoms with Crippen LogP contribution in [0.2, 0.25) is 0 Å². The fourth-order valence-electron chi connectivity index (χ4n) is 3.80. The molecule has 3 rings (SSSR count). The molecular formula is C23H37IN6S. The summed E-state index contributed by atoms with van der Waals surface area (Å²) in [7, 11) is 2.22. The molecule has 1 aliphatic heterocycles. The molecule has 6 nitrogen and oxygen atoms in total. The number of nitrogens with zero attached hydrogens (tertiary/aromatic N) is 4. The van der Waals surface area contributed by atoms with Gasteiger partial charge in [-0.3, -0.25) is 4.90 Å². The summed E-state index contributed by atoms with van der Waals surface area (Å²) in [4.78, 5) is 15.6. The van der Waals surface area contributed by atoms with Crippen LogP contribution in [0.25, 0.3) is 0 Å². The van der Waals surface area contributed by atoms with Crippen LogP contribution in [-0.4, -0.2) is 67.1 Å². The lowest BCUT2D eigenvalue weighted by molar-refractivity contribution is 0.0891. The lowest BCUT2D eigenvalue weighted by Gasteiger charge is -2.40. The number of halogens is 1. The number of hydrogen-bond acceptors (Lipinski definition) is 5. The predicted octanol–water partition coefficient (Wildman–Crippen LogP) is 3.81. The van der Waals surface area contributed by atoms with Crippen molar-refractivity contribution in [3.8, 4) is 0 Å². The molecule has 2 N–H and O–H groups in total. The largest absolute Gasteiger partial charge is 0.357 e. The third-order valence-corrected chi connectivity index (χ3v) is 6.64. The standard InChI is InChI=1S/C23H36N6S.HI/c1-5-24-23(26-16-22-27-18(2)19(3)30-22)25-12-9-13-29-15-14-28(4)17-21(29)20-10-7-6-8-11-20;/h6-8,10-11,21H,5,9,12-17H2,1-4H3,(H2,24,25,26);1H. The van der Waals surface area contributed by atoms with E-state index >= 15 is 0 Å². The number of piperazine rings is 1. The second-order valence-corrected chi connectivity index (χ2v) is 9.24. The average Bonchev–Trinajstić information content (AvgIpc) is 3.08. The first-order valence-electron chi connectivity index (χ1n) is 11.0. The quantitative estimate of drug-likeness (QED) is 0.224. The van der Waals surface area contributed by atoms with E-state index in [0.717, 1.165) is 62.4 Å². The molecule has 1 atom stereocenters. The molecule has 8 heteroatoms. The van der Waals surface area contributed by atoms with Crippen LogP contribution in [0.1, 0.15) is 40.5 Å². The number of hydrogen-bond donors (Lipinski definition) is 2. The smallest absolute Gasteiger partial charge is 0.191 e. The number of nitrogens with one attached hydrogen (secondary N) is 2. The number of aryl methyl sites for hydroxylation is 2. The first-order valence-corrected chi connectivity index (χ1v) is 11.8. The lowest BCUT2D eigenvalue weighted by Crippen LogP contribution is -2.47. The highest BCUT2D eigenvalue weighted by Gasteiger charge is 2.25. The number of aliphatic imine (C=N–C) groups is 1. The van der Waals surface area contributed by atoms with E-state index < -0.39 is 0 Å². The van der Waals surface area contributed by atoms with Gasteiger partial charge >= 0.3 is 0 Å². The Morgan fingerprint density at radius 2 is 1.97 bits per heavy atom. The minimum Gasteiger partial charge on any atom is -0.357 e. The predicted molar refractivity (Wildman–Crippen MR) is 143 cm³/mol. The molecule has 1 saturated heterocycles. The molecule has 0 saturated carbocycles. The molecule has 0 amide bonds. The summed E-state index contributed by atoms with van der Waals surface area (Å²) in [6, 6.07) is 11.4.